The minimum atomic E-state index is 0.263. The molecule has 1 fully saturated rings. The molecule has 25 heavy (non-hydrogen) atoms. The fraction of sp³-hybridized carbons (Fsp3) is 0.217. The molecule has 126 valence electrons. The number of anilines is 3. The summed E-state index contributed by atoms with van der Waals surface area (Å²) in [6.07, 6.45) is 2.55. The topological polar surface area (TPSA) is 12.5 Å². The zero-order chi connectivity index (χ0) is 17.1. The monoisotopic (exact) mass is 329 g/mol. The molecule has 0 N–H and O–H groups in total. The van der Waals surface area contributed by atoms with E-state index >= 15 is 0 Å². The van der Waals surface area contributed by atoms with Gasteiger partial charge in [-0.2, -0.15) is 0 Å². The van der Waals surface area contributed by atoms with Crippen LogP contribution >= 0.6 is 0 Å². The van der Waals surface area contributed by atoms with Gasteiger partial charge in [0, 0.05) is 23.7 Å². The van der Waals surface area contributed by atoms with Gasteiger partial charge in [0.25, 0.3) is 0 Å². The Balaban J connectivity index is 1.71. The lowest BCUT2D eigenvalue weighted by molar-refractivity contribution is 0.112. The highest BCUT2D eigenvalue weighted by Gasteiger charge is 2.18. The molecule has 1 unspecified atom stereocenters. The van der Waals surface area contributed by atoms with Crippen molar-refractivity contribution in [2.45, 2.75) is 25.9 Å². The molecule has 0 amide bonds. The Kier molecular flexibility index (Phi) is 4.53. The normalized spacial score (nSPS) is 16.8. The molecule has 0 spiro atoms. The molecule has 0 aromatic heterocycles. The van der Waals surface area contributed by atoms with E-state index in [-0.39, 0.29) is 6.10 Å². The van der Waals surface area contributed by atoms with Gasteiger partial charge in [0.1, 0.15) is 0 Å². The van der Waals surface area contributed by atoms with Crippen molar-refractivity contribution in [3.63, 3.8) is 0 Å². The summed E-state index contributed by atoms with van der Waals surface area (Å²) in [6.45, 7) is 3.00. The largest absolute Gasteiger partial charge is 0.374 e. The van der Waals surface area contributed by atoms with Crippen LogP contribution in [-0.2, 0) is 4.74 Å². The maximum Gasteiger partial charge on any atom is 0.0825 e. The first-order valence-corrected chi connectivity index (χ1v) is 8.95. The standard InChI is InChI=1S/C23H23NO/c1-18-9-13-21(14-10-18)24(20-6-3-2-4-7-20)22-15-11-19(12-16-22)23-8-5-17-25-23/h2-4,6-7,9-16,23H,5,8,17H2,1H3. The van der Waals surface area contributed by atoms with Crippen LogP contribution < -0.4 is 4.90 Å². The predicted molar refractivity (Wildman–Crippen MR) is 104 cm³/mol. The molecule has 2 heteroatoms. The zero-order valence-corrected chi connectivity index (χ0v) is 14.6. The second-order valence-electron chi connectivity index (χ2n) is 6.60. The average Bonchev–Trinajstić information content (AvgIpc) is 3.20. The van der Waals surface area contributed by atoms with Gasteiger partial charge in [0.15, 0.2) is 0 Å². The first-order valence-electron chi connectivity index (χ1n) is 8.95. The molecular formula is C23H23NO. The molecule has 3 aromatic carbocycles. The van der Waals surface area contributed by atoms with Gasteiger partial charge in [-0.3, -0.25) is 0 Å². The highest BCUT2D eigenvalue weighted by Crippen LogP contribution is 2.36. The summed E-state index contributed by atoms with van der Waals surface area (Å²) in [6, 6.07) is 28.0. The lowest BCUT2D eigenvalue weighted by Crippen LogP contribution is -2.10. The van der Waals surface area contributed by atoms with Gasteiger partial charge in [-0.1, -0.05) is 48.0 Å². The number of hydrogen-bond donors (Lipinski definition) is 0. The Labute approximate surface area is 149 Å². The van der Waals surface area contributed by atoms with Crippen LogP contribution in [0.5, 0.6) is 0 Å². The molecule has 3 aromatic rings. The second-order valence-corrected chi connectivity index (χ2v) is 6.60. The number of aryl methyl sites for hydroxylation is 1. The van der Waals surface area contributed by atoms with Gasteiger partial charge in [0.05, 0.1) is 6.10 Å². The summed E-state index contributed by atoms with van der Waals surface area (Å²) in [4.78, 5) is 2.29. The fourth-order valence-electron chi connectivity index (χ4n) is 3.40. The zero-order valence-electron chi connectivity index (χ0n) is 14.6. The van der Waals surface area contributed by atoms with Crippen molar-refractivity contribution in [3.05, 3.63) is 90.0 Å². The summed E-state index contributed by atoms with van der Waals surface area (Å²) in [7, 11) is 0. The van der Waals surface area contributed by atoms with E-state index in [1.165, 1.54) is 16.8 Å². The third-order valence-corrected chi connectivity index (χ3v) is 4.76. The molecule has 2 nitrogen and oxygen atoms in total. The van der Waals surface area contributed by atoms with Crippen LogP contribution in [0.3, 0.4) is 0 Å². The lowest BCUT2D eigenvalue weighted by Gasteiger charge is -2.26. The number of para-hydroxylation sites is 1. The van der Waals surface area contributed by atoms with E-state index in [2.05, 4.69) is 90.7 Å². The molecule has 1 heterocycles. The Morgan fingerprint density at radius 3 is 1.96 bits per heavy atom. The molecule has 1 atom stereocenters. The molecule has 0 saturated carbocycles. The third-order valence-electron chi connectivity index (χ3n) is 4.76. The number of hydrogen-bond acceptors (Lipinski definition) is 2. The third kappa shape index (κ3) is 3.45. The molecule has 4 rings (SSSR count). The molecule has 1 aliphatic rings. The SMILES string of the molecule is Cc1ccc(N(c2ccccc2)c2ccc(C3CCCO3)cc2)cc1. The maximum atomic E-state index is 5.81. The van der Waals surface area contributed by atoms with Crippen LogP contribution in [0, 0.1) is 6.92 Å². The van der Waals surface area contributed by atoms with Crippen molar-refractivity contribution in [2.24, 2.45) is 0 Å². The fourth-order valence-corrected chi connectivity index (χ4v) is 3.40. The van der Waals surface area contributed by atoms with Gasteiger partial charge in [-0.25, -0.2) is 0 Å². The van der Waals surface area contributed by atoms with Crippen LogP contribution in [0.15, 0.2) is 78.9 Å². The van der Waals surface area contributed by atoms with E-state index in [0.717, 1.165) is 30.8 Å². The van der Waals surface area contributed by atoms with E-state index < -0.39 is 0 Å². The smallest absolute Gasteiger partial charge is 0.0825 e. The first kappa shape index (κ1) is 15.9. The van der Waals surface area contributed by atoms with Gasteiger partial charge < -0.3 is 9.64 Å². The van der Waals surface area contributed by atoms with Gasteiger partial charge in [-0.05, 0) is 61.7 Å². The van der Waals surface area contributed by atoms with E-state index in [1.54, 1.807) is 0 Å². The van der Waals surface area contributed by atoms with Crippen molar-refractivity contribution in [3.8, 4) is 0 Å². The number of benzene rings is 3. The van der Waals surface area contributed by atoms with Crippen LogP contribution in [0.1, 0.15) is 30.1 Å². The van der Waals surface area contributed by atoms with E-state index in [1.807, 2.05) is 0 Å². The number of rotatable bonds is 4. The predicted octanol–water partition coefficient (Wildman–Crippen LogP) is 6.32. The van der Waals surface area contributed by atoms with E-state index in [4.69, 9.17) is 4.74 Å². The minimum Gasteiger partial charge on any atom is -0.374 e. The quantitative estimate of drug-likeness (QED) is 0.555. The second kappa shape index (κ2) is 7.12. The summed E-state index contributed by atoms with van der Waals surface area (Å²) in [5.41, 5.74) is 6.04. The van der Waals surface area contributed by atoms with Crippen molar-refractivity contribution < 1.29 is 4.74 Å². The van der Waals surface area contributed by atoms with E-state index in [9.17, 15) is 0 Å². The van der Waals surface area contributed by atoms with Gasteiger partial charge in [-0.15, -0.1) is 0 Å². The lowest BCUT2D eigenvalue weighted by atomic mass is 10.1. The Bertz CT molecular complexity index is 803. The summed E-state index contributed by atoms with van der Waals surface area (Å²) < 4.78 is 5.81. The summed E-state index contributed by atoms with van der Waals surface area (Å²) >= 11 is 0. The van der Waals surface area contributed by atoms with Crippen molar-refractivity contribution >= 4 is 17.1 Å². The first-order chi connectivity index (χ1) is 12.3. The molecule has 0 bridgehead atoms. The average molecular weight is 329 g/mol. The van der Waals surface area contributed by atoms with Gasteiger partial charge in [0.2, 0.25) is 0 Å². The van der Waals surface area contributed by atoms with Crippen molar-refractivity contribution in [2.75, 3.05) is 11.5 Å². The van der Waals surface area contributed by atoms with Crippen LogP contribution in [0.2, 0.25) is 0 Å². The molecule has 1 aliphatic heterocycles. The molecule has 0 aliphatic carbocycles. The highest BCUT2D eigenvalue weighted by molar-refractivity contribution is 5.76. The summed E-state index contributed by atoms with van der Waals surface area (Å²) in [5.74, 6) is 0. The van der Waals surface area contributed by atoms with Crippen LogP contribution in [-0.4, -0.2) is 6.61 Å². The number of nitrogens with zero attached hydrogens (tertiary/aromatic N) is 1. The van der Waals surface area contributed by atoms with Gasteiger partial charge >= 0.3 is 0 Å². The molecule has 1 saturated heterocycles. The Morgan fingerprint density at radius 1 is 0.760 bits per heavy atom. The molecule has 0 radical (unpaired) electrons. The van der Waals surface area contributed by atoms with Crippen molar-refractivity contribution in [1.82, 2.24) is 0 Å². The maximum absolute atomic E-state index is 5.81. The molecular weight excluding hydrogens is 306 g/mol. The van der Waals surface area contributed by atoms with Crippen molar-refractivity contribution in [1.29, 1.82) is 0 Å². The number of ether oxygens (including phenoxy) is 1. The highest BCUT2D eigenvalue weighted by atomic mass is 16.5. The van der Waals surface area contributed by atoms with E-state index in [0.29, 0.717) is 0 Å². The summed E-state index contributed by atoms with van der Waals surface area (Å²) in [5, 5.41) is 0. The Morgan fingerprint density at radius 2 is 1.36 bits per heavy atom. The van der Waals surface area contributed by atoms with Crippen LogP contribution in [0.25, 0.3) is 0 Å². The Hall–Kier alpha value is -2.58. The van der Waals surface area contributed by atoms with Crippen LogP contribution in [0.4, 0.5) is 17.1 Å². The minimum absolute atomic E-state index is 0.263.